The van der Waals surface area contributed by atoms with Gasteiger partial charge in [-0.3, -0.25) is 14.6 Å². The number of ketones is 2. The fourth-order valence-electron chi connectivity index (χ4n) is 0.677. The standard InChI is InChI=1S/C8H7NO2/c1-6(10)8(11)7-4-2-3-5-9-7/h2-5H,1H3. The first kappa shape index (κ1) is 7.60. The molecule has 11 heavy (non-hydrogen) atoms. The average molecular weight is 149 g/mol. The maximum Gasteiger partial charge on any atom is 0.246 e. The Kier molecular flexibility index (Phi) is 2.11. The van der Waals surface area contributed by atoms with Crippen molar-refractivity contribution < 1.29 is 9.59 Å². The van der Waals surface area contributed by atoms with Crippen molar-refractivity contribution in [1.29, 1.82) is 0 Å². The van der Waals surface area contributed by atoms with Crippen molar-refractivity contribution in [3.8, 4) is 0 Å². The summed E-state index contributed by atoms with van der Waals surface area (Å²) < 4.78 is 0. The predicted octanol–water partition coefficient (Wildman–Crippen LogP) is 0.853. The first-order valence-electron chi connectivity index (χ1n) is 3.18. The normalized spacial score (nSPS) is 9.18. The molecule has 0 amide bonds. The van der Waals surface area contributed by atoms with Gasteiger partial charge in [-0.05, 0) is 12.1 Å². The third kappa shape index (κ3) is 1.70. The number of hydrogen-bond donors (Lipinski definition) is 0. The van der Waals surface area contributed by atoms with E-state index in [0.29, 0.717) is 0 Å². The van der Waals surface area contributed by atoms with Crippen LogP contribution in [-0.2, 0) is 4.79 Å². The Hall–Kier alpha value is -1.51. The van der Waals surface area contributed by atoms with Crippen LogP contribution in [0.3, 0.4) is 0 Å². The summed E-state index contributed by atoms with van der Waals surface area (Å²) in [7, 11) is 0. The number of carbonyl (C=O) groups is 2. The Balaban J connectivity index is 2.95. The largest absolute Gasteiger partial charge is 0.291 e. The van der Waals surface area contributed by atoms with Crippen LogP contribution in [0.2, 0.25) is 0 Å². The number of hydrogen-bond acceptors (Lipinski definition) is 3. The van der Waals surface area contributed by atoms with E-state index in [1.165, 1.54) is 19.2 Å². The molecule has 0 aliphatic rings. The summed E-state index contributed by atoms with van der Waals surface area (Å²) in [5.41, 5.74) is 0.208. The van der Waals surface area contributed by atoms with Crippen LogP contribution in [0, 0.1) is 0 Å². The summed E-state index contributed by atoms with van der Waals surface area (Å²) in [5, 5.41) is 0. The Labute approximate surface area is 64.1 Å². The van der Waals surface area contributed by atoms with Crippen molar-refractivity contribution in [1.82, 2.24) is 4.98 Å². The second-order valence-electron chi connectivity index (χ2n) is 2.10. The van der Waals surface area contributed by atoms with Crippen LogP contribution < -0.4 is 0 Å². The fourth-order valence-corrected chi connectivity index (χ4v) is 0.677. The van der Waals surface area contributed by atoms with E-state index in [1.807, 2.05) is 0 Å². The van der Waals surface area contributed by atoms with Gasteiger partial charge in [0.15, 0.2) is 0 Å². The number of nitrogens with zero attached hydrogens (tertiary/aromatic N) is 1. The molecule has 1 heterocycles. The molecule has 0 bridgehead atoms. The highest BCUT2D eigenvalue weighted by molar-refractivity contribution is 6.42. The zero-order valence-corrected chi connectivity index (χ0v) is 6.07. The van der Waals surface area contributed by atoms with Gasteiger partial charge in [-0.25, -0.2) is 0 Å². The second kappa shape index (κ2) is 3.05. The summed E-state index contributed by atoms with van der Waals surface area (Å²) >= 11 is 0. The van der Waals surface area contributed by atoms with Gasteiger partial charge in [0.2, 0.25) is 11.6 Å². The summed E-state index contributed by atoms with van der Waals surface area (Å²) in [4.78, 5) is 25.2. The first-order chi connectivity index (χ1) is 5.22. The lowest BCUT2D eigenvalue weighted by atomic mass is 10.2. The minimum absolute atomic E-state index is 0.208. The molecule has 0 unspecified atom stereocenters. The smallest absolute Gasteiger partial charge is 0.246 e. The van der Waals surface area contributed by atoms with Gasteiger partial charge in [0.1, 0.15) is 5.69 Å². The third-order valence-electron chi connectivity index (χ3n) is 1.22. The minimum Gasteiger partial charge on any atom is -0.291 e. The van der Waals surface area contributed by atoms with Crippen LogP contribution in [0.15, 0.2) is 24.4 Å². The lowest BCUT2D eigenvalue weighted by Crippen LogP contribution is -2.10. The SMILES string of the molecule is CC(=O)C(=O)c1ccccn1. The monoisotopic (exact) mass is 149 g/mol. The van der Waals surface area contributed by atoms with Crippen molar-refractivity contribution in [3.63, 3.8) is 0 Å². The van der Waals surface area contributed by atoms with Crippen molar-refractivity contribution in [2.24, 2.45) is 0 Å². The number of aromatic nitrogens is 1. The molecule has 3 heteroatoms. The van der Waals surface area contributed by atoms with Gasteiger partial charge in [0.25, 0.3) is 0 Å². The molecule has 0 aliphatic carbocycles. The molecule has 0 saturated heterocycles. The number of Topliss-reactive ketones (excluding diaryl/α,β-unsaturated/α-hetero) is 2. The summed E-state index contributed by atoms with van der Waals surface area (Å²) in [6, 6.07) is 4.88. The molecule has 1 aromatic heterocycles. The van der Waals surface area contributed by atoms with Crippen LogP contribution in [0.25, 0.3) is 0 Å². The van der Waals surface area contributed by atoms with E-state index in [4.69, 9.17) is 0 Å². The Bertz CT molecular complexity index is 279. The molecule has 0 aromatic carbocycles. The van der Waals surface area contributed by atoms with Gasteiger partial charge in [-0.1, -0.05) is 6.07 Å². The Morgan fingerprint density at radius 1 is 1.36 bits per heavy atom. The molecular formula is C8H7NO2. The van der Waals surface area contributed by atoms with Crippen molar-refractivity contribution in [2.45, 2.75) is 6.92 Å². The molecule has 1 aromatic rings. The molecule has 0 N–H and O–H groups in total. The van der Waals surface area contributed by atoms with Crippen molar-refractivity contribution in [2.75, 3.05) is 0 Å². The summed E-state index contributed by atoms with van der Waals surface area (Å²) in [6.45, 7) is 1.23. The van der Waals surface area contributed by atoms with Gasteiger partial charge in [-0.15, -0.1) is 0 Å². The molecule has 56 valence electrons. The van der Waals surface area contributed by atoms with Crippen molar-refractivity contribution in [3.05, 3.63) is 30.1 Å². The number of pyridine rings is 1. The predicted molar refractivity (Wildman–Crippen MR) is 39.2 cm³/mol. The second-order valence-corrected chi connectivity index (χ2v) is 2.10. The van der Waals surface area contributed by atoms with Crippen LogP contribution in [0.4, 0.5) is 0 Å². The topological polar surface area (TPSA) is 47.0 Å². The highest BCUT2D eigenvalue weighted by atomic mass is 16.2. The van der Waals surface area contributed by atoms with Crippen molar-refractivity contribution >= 4 is 11.6 Å². The minimum atomic E-state index is -0.536. The molecule has 0 radical (unpaired) electrons. The van der Waals surface area contributed by atoms with Gasteiger partial charge >= 0.3 is 0 Å². The number of carbonyl (C=O) groups excluding carboxylic acids is 2. The molecule has 0 saturated carbocycles. The first-order valence-corrected chi connectivity index (χ1v) is 3.18. The van der Waals surface area contributed by atoms with Crippen LogP contribution >= 0.6 is 0 Å². The maximum absolute atomic E-state index is 10.9. The van der Waals surface area contributed by atoms with E-state index in [9.17, 15) is 9.59 Å². The highest BCUT2D eigenvalue weighted by Gasteiger charge is 2.10. The zero-order valence-electron chi connectivity index (χ0n) is 6.07. The molecule has 1 rings (SSSR count). The average Bonchev–Trinajstić information content (AvgIpc) is 2.05. The van der Waals surface area contributed by atoms with Crippen LogP contribution in [0.1, 0.15) is 17.4 Å². The molecule has 0 spiro atoms. The molecule has 0 aliphatic heterocycles. The fraction of sp³-hybridized carbons (Fsp3) is 0.125. The van der Waals surface area contributed by atoms with E-state index in [1.54, 1.807) is 12.1 Å². The van der Waals surface area contributed by atoms with Gasteiger partial charge in [0.05, 0.1) is 0 Å². The van der Waals surface area contributed by atoms with Crippen LogP contribution in [-0.4, -0.2) is 16.6 Å². The molecule has 0 atom stereocenters. The Morgan fingerprint density at radius 2 is 2.09 bits per heavy atom. The Morgan fingerprint density at radius 3 is 2.55 bits per heavy atom. The quantitative estimate of drug-likeness (QED) is 0.462. The zero-order chi connectivity index (χ0) is 8.27. The lowest BCUT2D eigenvalue weighted by Gasteiger charge is -1.92. The van der Waals surface area contributed by atoms with Gasteiger partial charge in [0, 0.05) is 13.1 Å². The molecular weight excluding hydrogens is 142 g/mol. The maximum atomic E-state index is 10.9. The lowest BCUT2D eigenvalue weighted by molar-refractivity contribution is -0.113. The van der Waals surface area contributed by atoms with E-state index >= 15 is 0 Å². The van der Waals surface area contributed by atoms with E-state index < -0.39 is 11.6 Å². The molecule has 3 nitrogen and oxygen atoms in total. The van der Waals surface area contributed by atoms with Crippen LogP contribution in [0.5, 0.6) is 0 Å². The van der Waals surface area contributed by atoms with Gasteiger partial charge < -0.3 is 0 Å². The van der Waals surface area contributed by atoms with E-state index in [0.717, 1.165) is 0 Å². The van der Waals surface area contributed by atoms with E-state index in [2.05, 4.69) is 4.98 Å². The third-order valence-corrected chi connectivity index (χ3v) is 1.22. The highest BCUT2D eigenvalue weighted by Crippen LogP contribution is 1.94. The number of rotatable bonds is 2. The van der Waals surface area contributed by atoms with Gasteiger partial charge in [-0.2, -0.15) is 0 Å². The summed E-state index contributed by atoms with van der Waals surface area (Å²) in [6.07, 6.45) is 1.48. The molecule has 0 fully saturated rings. The summed E-state index contributed by atoms with van der Waals surface area (Å²) in [5.74, 6) is -1.02. The van der Waals surface area contributed by atoms with E-state index in [-0.39, 0.29) is 5.69 Å².